The van der Waals surface area contributed by atoms with Gasteiger partial charge in [0.05, 0.1) is 5.69 Å². The van der Waals surface area contributed by atoms with Crippen LogP contribution < -0.4 is 4.74 Å². The highest BCUT2D eigenvalue weighted by Gasteiger charge is 2.20. The van der Waals surface area contributed by atoms with Crippen LogP contribution in [-0.4, -0.2) is 10.1 Å². The molecule has 3 nitrogen and oxygen atoms in total. The molecule has 0 aliphatic heterocycles. The van der Waals surface area contributed by atoms with Gasteiger partial charge in [0.2, 0.25) is 0 Å². The van der Waals surface area contributed by atoms with E-state index in [-0.39, 0.29) is 0 Å². The molecule has 0 amide bonds. The molecular weight excluding hydrogens is 346 g/mol. The summed E-state index contributed by atoms with van der Waals surface area (Å²) < 4.78 is 6.26. The summed E-state index contributed by atoms with van der Waals surface area (Å²) >= 11 is 0. The number of hydrogen-bond acceptors (Lipinski definition) is 3. The zero-order valence-electron chi connectivity index (χ0n) is 15.4. The van der Waals surface area contributed by atoms with Crippen LogP contribution in [0.2, 0.25) is 0 Å². The molecule has 1 heterocycles. The summed E-state index contributed by atoms with van der Waals surface area (Å²) in [5.74, 6) is 0.677. The number of para-hydroxylation sites is 1. The zero-order chi connectivity index (χ0) is 19.2. The van der Waals surface area contributed by atoms with Crippen LogP contribution in [0.3, 0.4) is 0 Å². The van der Waals surface area contributed by atoms with E-state index in [0.717, 1.165) is 16.7 Å². The number of nitrogens with zero attached hydrogens (tertiary/aromatic N) is 1. The normalized spacial score (nSPS) is 11.8. The minimum Gasteiger partial charge on any atom is -0.488 e. The number of pyridine rings is 1. The molecule has 28 heavy (non-hydrogen) atoms. The van der Waals surface area contributed by atoms with Crippen molar-refractivity contribution in [3.63, 3.8) is 0 Å². The highest BCUT2D eigenvalue weighted by atomic mass is 16.5. The third-order valence-electron chi connectivity index (χ3n) is 4.62. The summed E-state index contributed by atoms with van der Waals surface area (Å²) in [7, 11) is 0. The van der Waals surface area contributed by atoms with Crippen LogP contribution in [0, 0.1) is 0 Å². The van der Waals surface area contributed by atoms with Crippen LogP contribution in [0.1, 0.15) is 22.9 Å². The Kier molecular flexibility index (Phi) is 5.46. The Hall–Kier alpha value is -3.43. The topological polar surface area (TPSA) is 42.4 Å². The van der Waals surface area contributed by atoms with E-state index in [4.69, 9.17) is 4.74 Å². The summed E-state index contributed by atoms with van der Waals surface area (Å²) in [5, 5.41) is 11.0. The average Bonchev–Trinajstić information content (AvgIpc) is 2.79. The molecule has 1 atom stereocenters. The van der Waals surface area contributed by atoms with E-state index in [2.05, 4.69) is 4.98 Å². The van der Waals surface area contributed by atoms with Crippen LogP contribution in [0.25, 0.3) is 11.1 Å². The second kappa shape index (κ2) is 8.51. The lowest BCUT2D eigenvalue weighted by atomic mass is 9.97. The quantitative estimate of drug-likeness (QED) is 0.495. The molecule has 0 radical (unpaired) electrons. The molecule has 0 aliphatic carbocycles. The van der Waals surface area contributed by atoms with E-state index in [1.165, 1.54) is 0 Å². The Bertz CT molecular complexity index is 1020. The molecule has 0 bridgehead atoms. The molecule has 4 rings (SSSR count). The number of benzene rings is 3. The summed E-state index contributed by atoms with van der Waals surface area (Å²) in [4.78, 5) is 4.31. The van der Waals surface area contributed by atoms with Crippen LogP contribution >= 0.6 is 0 Å². The monoisotopic (exact) mass is 367 g/mol. The SMILES string of the molecule is OC(c1ccccn1)c1cccc(-c2ccccc2)c1OCc1ccccc1. The molecule has 3 aromatic carbocycles. The van der Waals surface area contributed by atoms with Gasteiger partial charge in [0.1, 0.15) is 18.5 Å². The molecule has 0 saturated carbocycles. The van der Waals surface area contributed by atoms with Crippen LogP contribution in [0.15, 0.2) is 103 Å². The number of rotatable bonds is 6. The van der Waals surface area contributed by atoms with E-state index in [9.17, 15) is 5.11 Å². The van der Waals surface area contributed by atoms with Crippen LogP contribution in [0.4, 0.5) is 0 Å². The molecule has 1 unspecified atom stereocenters. The third-order valence-corrected chi connectivity index (χ3v) is 4.62. The first kappa shape index (κ1) is 18.0. The summed E-state index contributed by atoms with van der Waals surface area (Å²) in [5.41, 5.74) is 4.36. The summed E-state index contributed by atoms with van der Waals surface area (Å²) in [6, 6.07) is 31.5. The molecule has 3 heteroatoms. The number of hydrogen-bond donors (Lipinski definition) is 1. The van der Waals surface area contributed by atoms with Crippen molar-refractivity contribution >= 4 is 0 Å². The molecular formula is C25H21NO2. The van der Waals surface area contributed by atoms with E-state index in [0.29, 0.717) is 23.6 Å². The molecule has 4 aromatic rings. The number of aliphatic hydroxyl groups is 1. The highest BCUT2D eigenvalue weighted by molar-refractivity contribution is 5.72. The minimum atomic E-state index is -0.865. The Labute approximate surface area is 164 Å². The predicted octanol–water partition coefficient (Wildman–Crippen LogP) is 5.41. The van der Waals surface area contributed by atoms with Gasteiger partial charge in [0, 0.05) is 17.3 Å². The average molecular weight is 367 g/mol. The van der Waals surface area contributed by atoms with Gasteiger partial charge in [-0.25, -0.2) is 0 Å². The van der Waals surface area contributed by atoms with Crippen molar-refractivity contribution in [3.05, 3.63) is 120 Å². The van der Waals surface area contributed by atoms with Crippen LogP contribution in [-0.2, 0) is 6.61 Å². The fourth-order valence-corrected chi connectivity index (χ4v) is 3.20. The Morgan fingerprint density at radius 2 is 1.46 bits per heavy atom. The Morgan fingerprint density at radius 1 is 0.750 bits per heavy atom. The van der Waals surface area contributed by atoms with E-state index >= 15 is 0 Å². The van der Waals surface area contributed by atoms with E-state index in [1.54, 1.807) is 6.20 Å². The van der Waals surface area contributed by atoms with Crippen molar-refractivity contribution in [1.82, 2.24) is 4.98 Å². The van der Waals surface area contributed by atoms with Gasteiger partial charge in [-0.05, 0) is 23.3 Å². The fourth-order valence-electron chi connectivity index (χ4n) is 3.20. The lowest BCUT2D eigenvalue weighted by molar-refractivity contribution is 0.205. The van der Waals surface area contributed by atoms with E-state index < -0.39 is 6.10 Å². The molecule has 1 N–H and O–H groups in total. The molecule has 0 saturated heterocycles. The Balaban J connectivity index is 1.76. The zero-order valence-corrected chi connectivity index (χ0v) is 15.4. The smallest absolute Gasteiger partial charge is 0.133 e. The largest absolute Gasteiger partial charge is 0.488 e. The second-order valence-corrected chi connectivity index (χ2v) is 6.52. The maximum Gasteiger partial charge on any atom is 0.133 e. The fraction of sp³-hybridized carbons (Fsp3) is 0.0800. The van der Waals surface area contributed by atoms with Crippen LogP contribution in [0.5, 0.6) is 5.75 Å². The third kappa shape index (κ3) is 3.95. The Morgan fingerprint density at radius 3 is 2.18 bits per heavy atom. The number of aromatic nitrogens is 1. The van der Waals surface area contributed by atoms with Gasteiger partial charge in [-0.1, -0.05) is 84.9 Å². The van der Waals surface area contributed by atoms with Crippen molar-refractivity contribution < 1.29 is 9.84 Å². The van der Waals surface area contributed by atoms with Gasteiger partial charge in [-0.15, -0.1) is 0 Å². The van der Waals surface area contributed by atoms with Crippen molar-refractivity contribution in [2.24, 2.45) is 0 Å². The van der Waals surface area contributed by atoms with E-state index in [1.807, 2.05) is 97.1 Å². The van der Waals surface area contributed by atoms with Crippen molar-refractivity contribution in [2.75, 3.05) is 0 Å². The predicted molar refractivity (Wildman–Crippen MR) is 111 cm³/mol. The second-order valence-electron chi connectivity index (χ2n) is 6.52. The first-order valence-electron chi connectivity index (χ1n) is 9.27. The summed E-state index contributed by atoms with van der Waals surface area (Å²) in [6.07, 6.45) is 0.819. The van der Waals surface area contributed by atoms with Gasteiger partial charge in [-0.2, -0.15) is 0 Å². The lowest BCUT2D eigenvalue weighted by Gasteiger charge is -2.19. The van der Waals surface area contributed by atoms with Crippen molar-refractivity contribution in [1.29, 1.82) is 0 Å². The number of aliphatic hydroxyl groups excluding tert-OH is 1. The maximum absolute atomic E-state index is 11.0. The lowest BCUT2D eigenvalue weighted by Crippen LogP contribution is -2.07. The van der Waals surface area contributed by atoms with Gasteiger partial charge in [0.15, 0.2) is 0 Å². The van der Waals surface area contributed by atoms with Gasteiger partial charge < -0.3 is 9.84 Å². The molecule has 0 fully saturated rings. The molecule has 1 aromatic heterocycles. The molecule has 138 valence electrons. The first-order chi connectivity index (χ1) is 13.8. The molecule has 0 spiro atoms. The minimum absolute atomic E-state index is 0.423. The van der Waals surface area contributed by atoms with Gasteiger partial charge in [-0.3, -0.25) is 4.98 Å². The number of ether oxygens (including phenoxy) is 1. The summed E-state index contributed by atoms with van der Waals surface area (Å²) in [6.45, 7) is 0.423. The maximum atomic E-state index is 11.0. The van der Waals surface area contributed by atoms with Crippen molar-refractivity contribution in [2.45, 2.75) is 12.7 Å². The van der Waals surface area contributed by atoms with Crippen molar-refractivity contribution in [3.8, 4) is 16.9 Å². The molecule has 0 aliphatic rings. The van der Waals surface area contributed by atoms with Gasteiger partial charge >= 0.3 is 0 Å². The highest BCUT2D eigenvalue weighted by Crippen LogP contribution is 2.38. The van der Waals surface area contributed by atoms with Gasteiger partial charge in [0.25, 0.3) is 0 Å². The standard InChI is InChI=1S/C25H21NO2/c27-24(23-16-7-8-17-26-23)22-15-9-14-21(20-12-5-2-6-13-20)25(22)28-18-19-10-3-1-4-11-19/h1-17,24,27H,18H2. The first-order valence-corrected chi connectivity index (χ1v) is 9.27.